The summed E-state index contributed by atoms with van der Waals surface area (Å²) in [4.78, 5) is 0. The molecule has 0 fully saturated rings. The molecule has 0 bridgehead atoms. The van der Waals surface area contributed by atoms with Gasteiger partial charge in [-0.3, -0.25) is 0 Å². The van der Waals surface area contributed by atoms with Gasteiger partial charge in [0.1, 0.15) is 0 Å². The largest absolute Gasteiger partial charge is 0.872 e. The smallest absolute Gasteiger partial charge is 0.0411 e. The number of benzene rings is 1. The van der Waals surface area contributed by atoms with Crippen LogP contribution in [0.15, 0.2) is 12.1 Å². The van der Waals surface area contributed by atoms with Crippen molar-refractivity contribution >= 4 is 11.6 Å². The summed E-state index contributed by atoms with van der Waals surface area (Å²) in [6.07, 6.45) is 0. The molecule has 0 amide bonds. The Morgan fingerprint density at radius 1 is 1.00 bits per heavy atom. The van der Waals surface area contributed by atoms with Crippen molar-refractivity contribution in [2.24, 2.45) is 0 Å². The van der Waals surface area contributed by atoms with E-state index in [1.54, 1.807) is 12.1 Å². The molecule has 0 spiro atoms. The Labute approximate surface area is 90.7 Å². The predicted octanol–water partition coefficient (Wildman–Crippen LogP) is 3.66. The van der Waals surface area contributed by atoms with E-state index in [1.807, 2.05) is 27.7 Å². The number of rotatable bonds is 2. The zero-order valence-electron chi connectivity index (χ0n) is 9.10. The van der Waals surface area contributed by atoms with E-state index in [-0.39, 0.29) is 17.6 Å². The Kier molecular flexibility index (Phi) is 3.43. The third-order valence-corrected chi connectivity index (χ3v) is 2.57. The van der Waals surface area contributed by atoms with Crippen LogP contribution >= 0.6 is 11.6 Å². The maximum absolute atomic E-state index is 11.9. The summed E-state index contributed by atoms with van der Waals surface area (Å²) in [5.74, 6) is 0.622. The standard InChI is InChI=1S/C12H17ClO/c1-7(2)10-5-9(13)6-11(8(3)4)12(10)14/h5-8,14H,1-4H3/p-1. The summed E-state index contributed by atoms with van der Waals surface area (Å²) < 4.78 is 0. The van der Waals surface area contributed by atoms with Crippen molar-refractivity contribution in [1.82, 2.24) is 0 Å². The number of halogens is 1. The van der Waals surface area contributed by atoms with Gasteiger partial charge in [-0.05, 0) is 24.0 Å². The van der Waals surface area contributed by atoms with E-state index in [0.29, 0.717) is 5.02 Å². The van der Waals surface area contributed by atoms with Crippen molar-refractivity contribution in [3.63, 3.8) is 0 Å². The molecule has 2 heteroatoms. The van der Waals surface area contributed by atoms with Crippen molar-refractivity contribution in [3.05, 3.63) is 28.3 Å². The SMILES string of the molecule is CC(C)c1cc(Cl)cc(C(C)C)c1[O-]. The van der Waals surface area contributed by atoms with E-state index in [4.69, 9.17) is 11.6 Å². The van der Waals surface area contributed by atoms with Gasteiger partial charge in [0.25, 0.3) is 0 Å². The van der Waals surface area contributed by atoms with E-state index in [1.165, 1.54) is 0 Å². The summed E-state index contributed by atoms with van der Waals surface area (Å²) in [6, 6.07) is 3.56. The van der Waals surface area contributed by atoms with Gasteiger partial charge in [-0.25, -0.2) is 0 Å². The monoisotopic (exact) mass is 211 g/mol. The fourth-order valence-electron chi connectivity index (χ4n) is 1.49. The molecule has 14 heavy (non-hydrogen) atoms. The molecule has 0 radical (unpaired) electrons. The van der Waals surface area contributed by atoms with Crippen LogP contribution in [0.3, 0.4) is 0 Å². The zero-order chi connectivity index (χ0) is 10.9. The van der Waals surface area contributed by atoms with Gasteiger partial charge in [0.2, 0.25) is 0 Å². The molecule has 1 nitrogen and oxygen atoms in total. The minimum Gasteiger partial charge on any atom is -0.872 e. The summed E-state index contributed by atoms with van der Waals surface area (Å²) in [7, 11) is 0. The summed E-state index contributed by atoms with van der Waals surface area (Å²) >= 11 is 5.97. The van der Waals surface area contributed by atoms with Gasteiger partial charge in [-0.15, -0.1) is 5.75 Å². The molecule has 0 saturated heterocycles. The first-order valence-electron chi connectivity index (χ1n) is 4.93. The second-order valence-corrected chi connectivity index (χ2v) is 4.66. The van der Waals surface area contributed by atoms with Gasteiger partial charge in [0.15, 0.2) is 0 Å². The lowest BCUT2D eigenvalue weighted by molar-refractivity contribution is -0.270. The molecule has 0 saturated carbocycles. The predicted molar refractivity (Wildman–Crippen MR) is 59.1 cm³/mol. The lowest BCUT2D eigenvalue weighted by atomic mass is 9.94. The van der Waals surface area contributed by atoms with Crippen molar-refractivity contribution in [2.45, 2.75) is 39.5 Å². The fraction of sp³-hybridized carbons (Fsp3) is 0.500. The molecule has 1 aromatic rings. The quantitative estimate of drug-likeness (QED) is 0.732. The molecule has 0 heterocycles. The highest BCUT2D eigenvalue weighted by Gasteiger charge is 2.08. The molecule has 0 aliphatic carbocycles. The van der Waals surface area contributed by atoms with Crippen molar-refractivity contribution < 1.29 is 5.11 Å². The first kappa shape index (κ1) is 11.4. The number of hydrogen-bond donors (Lipinski definition) is 0. The molecule has 0 aliphatic rings. The van der Waals surface area contributed by atoms with Crippen molar-refractivity contribution in [3.8, 4) is 5.75 Å². The zero-order valence-corrected chi connectivity index (χ0v) is 9.85. The van der Waals surface area contributed by atoms with E-state index >= 15 is 0 Å². The third-order valence-electron chi connectivity index (χ3n) is 2.36. The van der Waals surface area contributed by atoms with E-state index in [0.717, 1.165) is 11.1 Å². The van der Waals surface area contributed by atoms with Crippen LogP contribution in [0.25, 0.3) is 0 Å². The molecule has 0 N–H and O–H groups in total. The van der Waals surface area contributed by atoms with Crippen molar-refractivity contribution in [1.29, 1.82) is 0 Å². The van der Waals surface area contributed by atoms with Gasteiger partial charge in [0, 0.05) is 5.02 Å². The van der Waals surface area contributed by atoms with Crippen molar-refractivity contribution in [2.75, 3.05) is 0 Å². The molecule has 0 unspecified atom stereocenters. The minimum atomic E-state index is 0.152. The maximum Gasteiger partial charge on any atom is 0.0411 e. The first-order chi connectivity index (χ1) is 6.43. The van der Waals surface area contributed by atoms with E-state index < -0.39 is 0 Å². The molecule has 0 aliphatic heterocycles. The molecule has 0 aromatic heterocycles. The van der Waals surface area contributed by atoms with Gasteiger partial charge in [-0.1, -0.05) is 50.4 Å². The van der Waals surface area contributed by atoms with Crippen LogP contribution in [0.4, 0.5) is 0 Å². The van der Waals surface area contributed by atoms with Crippen LogP contribution < -0.4 is 5.11 Å². The second kappa shape index (κ2) is 4.22. The van der Waals surface area contributed by atoms with Crippen LogP contribution in [0.5, 0.6) is 5.75 Å². The second-order valence-electron chi connectivity index (χ2n) is 4.22. The minimum absolute atomic E-state index is 0.152. The maximum atomic E-state index is 11.9. The van der Waals surface area contributed by atoms with Crippen LogP contribution in [-0.4, -0.2) is 0 Å². The molecule has 1 aromatic carbocycles. The lowest BCUT2D eigenvalue weighted by Crippen LogP contribution is -2.04. The van der Waals surface area contributed by atoms with Crippen LogP contribution in [-0.2, 0) is 0 Å². The molecular formula is C12H16ClO-. The molecule has 1 rings (SSSR count). The summed E-state index contributed by atoms with van der Waals surface area (Å²) in [6.45, 7) is 8.04. The molecule has 78 valence electrons. The summed E-state index contributed by atoms with van der Waals surface area (Å²) in [5, 5.41) is 12.6. The van der Waals surface area contributed by atoms with Crippen LogP contribution in [0.1, 0.15) is 50.7 Å². The lowest BCUT2D eigenvalue weighted by Gasteiger charge is -2.23. The van der Waals surface area contributed by atoms with E-state index in [2.05, 4.69) is 0 Å². The summed E-state index contributed by atoms with van der Waals surface area (Å²) in [5.41, 5.74) is 1.64. The van der Waals surface area contributed by atoms with Gasteiger partial charge < -0.3 is 5.11 Å². The Balaban J connectivity index is 3.32. The van der Waals surface area contributed by atoms with Gasteiger partial charge >= 0.3 is 0 Å². The fourth-order valence-corrected chi connectivity index (χ4v) is 1.73. The normalized spacial score (nSPS) is 11.4. The van der Waals surface area contributed by atoms with Crippen LogP contribution in [0, 0.1) is 0 Å². The Bertz CT molecular complexity index is 300. The molecular weight excluding hydrogens is 196 g/mol. The average molecular weight is 212 g/mol. The highest BCUT2D eigenvalue weighted by Crippen LogP contribution is 2.34. The number of hydrogen-bond acceptors (Lipinski definition) is 1. The average Bonchev–Trinajstić information content (AvgIpc) is 2.07. The first-order valence-corrected chi connectivity index (χ1v) is 5.31. The Morgan fingerprint density at radius 2 is 1.36 bits per heavy atom. The topological polar surface area (TPSA) is 23.1 Å². The Hall–Kier alpha value is -0.690. The van der Waals surface area contributed by atoms with Crippen LogP contribution in [0.2, 0.25) is 5.02 Å². The highest BCUT2D eigenvalue weighted by molar-refractivity contribution is 6.30. The Morgan fingerprint density at radius 3 is 1.64 bits per heavy atom. The highest BCUT2D eigenvalue weighted by atomic mass is 35.5. The van der Waals surface area contributed by atoms with Gasteiger partial charge in [0.05, 0.1) is 0 Å². The van der Waals surface area contributed by atoms with Gasteiger partial charge in [-0.2, -0.15) is 0 Å². The molecule has 0 atom stereocenters. The third kappa shape index (κ3) is 2.21. The van der Waals surface area contributed by atoms with E-state index in [9.17, 15) is 5.11 Å².